The van der Waals surface area contributed by atoms with E-state index >= 15 is 0 Å². The maximum absolute atomic E-state index is 11.0. The number of aldehydes is 1. The second-order valence-electron chi connectivity index (χ2n) is 4.32. The topological polar surface area (TPSA) is 42.1 Å². The maximum atomic E-state index is 11.0. The molecule has 94 valence electrons. The van der Waals surface area contributed by atoms with E-state index in [0.29, 0.717) is 5.56 Å². The van der Waals surface area contributed by atoms with Crippen molar-refractivity contribution in [1.82, 2.24) is 4.98 Å². The Labute approximate surface area is 110 Å². The fourth-order valence-corrected chi connectivity index (χ4v) is 2.29. The van der Waals surface area contributed by atoms with Crippen molar-refractivity contribution < 1.29 is 9.53 Å². The summed E-state index contributed by atoms with van der Waals surface area (Å²) in [4.78, 5) is 14.1. The highest BCUT2D eigenvalue weighted by molar-refractivity contribution is 5.99. The van der Waals surface area contributed by atoms with Crippen LogP contribution in [0.5, 0.6) is 5.75 Å². The van der Waals surface area contributed by atoms with Crippen LogP contribution in [0.2, 0.25) is 0 Å². The standard InChI is InChI=1S/C16H13NO2/c1-19-16-5-3-2-4-13(16)11-6-7-15-14(8-11)12(10-18)9-17-15/h2-10,17H,1H3. The fourth-order valence-electron chi connectivity index (χ4n) is 2.29. The molecule has 0 fully saturated rings. The highest BCUT2D eigenvalue weighted by Gasteiger charge is 2.08. The van der Waals surface area contributed by atoms with Crippen LogP contribution in [0.15, 0.2) is 48.7 Å². The van der Waals surface area contributed by atoms with E-state index in [1.807, 2.05) is 42.5 Å². The summed E-state index contributed by atoms with van der Waals surface area (Å²) in [5, 5.41) is 0.929. The molecule has 0 aliphatic carbocycles. The second kappa shape index (κ2) is 4.61. The molecule has 1 aromatic heterocycles. The quantitative estimate of drug-likeness (QED) is 0.722. The Morgan fingerprint density at radius 2 is 2.00 bits per heavy atom. The van der Waals surface area contributed by atoms with E-state index in [-0.39, 0.29) is 0 Å². The van der Waals surface area contributed by atoms with Crippen LogP contribution in [-0.4, -0.2) is 18.4 Å². The minimum atomic E-state index is 0.673. The van der Waals surface area contributed by atoms with Crippen LogP contribution in [-0.2, 0) is 0 Å². The van der Waals surface area contributed by atoms with Crippen molar-refractivity contribution in [3.8, 4) is 16.9 Å². The molecule has 0 aliphatic heterocycles. The number of benzene rings is 2. The van der Waals surface area contributed by atoms with Crippen LogP contribution in [0.1, 0.15) is 10.4 Å². The average molecular weight is 251 g/mol. The Balaban J connectivity index is 2.22. The van der Waals surface area contributed by atoms with Crippen LogP contribution >= 0.6 is 0 Å². The molecule has 0 aliphatic rings. The molecule has 0 radical (unpaired) electrons. The average Bonchev–Trinajstić information content (AvgIpc) is 2.89. The number of nitrogens with one attached hydrogen (secondary N) is 1. The third-order valence-electron chi connectivity index (χ3n) is 3.26. The summed E-state index contributed by atoms with van der Waals surface area (Å²) >= 11 is 0. The van der Waals surface area contributed by atoms with Gasteiger partial charge in [0.25, 0.3) is 0 Å². The largest absolute Gasteiger partial charge is 0.496 e. The molecule has 3 nitrogen and oxygen atoms in total. The maximum Gasteiger partial charge on any atom is 0.152 e. The van der Waals surface area contributed by atoms with Crippen molar-refractivity contribution in [2.24, 2.45) is 0 Å². The lowest BCUT2D eigenvalue weighted by atomic mass is 10.0. The molecule has 1 N–H and O–H groups in total. The first-order valence-corrected chi connectivity index (χ1v) is 6.03. The highest BCUT2D eigenvalue weighted by atomic mass is 16.5. The lowest BCUT2D eigenvalue weighted by Crippen LogP contribution is -1.87. The Hall–Kier alpha value is -2.55. The van der Waals surface area contributed by atoms with Gasteiger partial charge in [0.1, 0.15) is 5.75 Å². The first-order valence-electron chi connectivity index (χ1n) is 6.03. The molecule has 3 rings (SSSR count). The smallest absolute Gasteiger partial charge is 0.152 e. The Morgan fingerprint density at radius 1 is 1.16 bits per heavy atom. The molecular formula is C16H13NO2. The van der Waals surface area contributed by atoms with Crippen molar-refractivity contribution in [3.63, 3.8) is 0 Å². The molecule has 0 amide bonds. The van der Waals surface area contributed by atoms with Crippen molar-refractivity contribution in [2.75, 3.05) is 7.11 Å². The molecule has 0 saturated carbocycles. The van der Waals surface area contributed by atoms with E-state index < -0.39 is 0 Å². The van der Waals surface area contributed by atoms with Gasteiger partial charge < -0.3 is 9.72 Å². The molecule has 0 bridgehead atoms. The van der Waals surface area contributed by atoms with Crippen LogP contribution in [0.3, 0.4) is 0 Å². The van der Waals surface area contributed by atoms with Gasteiger partial charge in [-0.3, -0.25) is 4.79 Å². The molecule has 0 atom stereocenters. The molecule has 0 saturated heterocycles. The zero-order valence-electron chi connectivity index (χ0n) is 10.5. The van der Waals surface area contributed by atoms with Crippen molar-refractivity contribution in [2.45, 2.75) is 0 Å². The number of hydrogen-bond donors (Lipinski definition) is 1. The van der Waals surface area contributed by atoms with E-state index in [4.69, 9.17) is 4.74 Å². The summed E-state index contributed by atoms with van der Waals surface area (Å²) in [6.07, 6.45) is 2.59. The van der Waals surface area contributed by atoms with Crippen molar-refractivity contribution in [3.05, 3.63) is 54.2 Å². The van der Waals surface area contributed by atoms with Crippen molar-refractivity contribution >= 4 is 17.2 Å². The summed E-state index contributed by atoms with van der Waals surface area (Å²) < 4.78 is 5.37. The third-order valence-corrected chi connectivity index (χ3v) is 3.26. The molecule has 19 heavy (non-hydrogen) atoms. The zero-order valence-corrected chi connectivity index (χ0v) is 10.5. The molecule has 3 heteroatoms. The number of rotatable bonds is 3. The van der Waals surface area contributed by atoms with Gasteiger partial charge >= 0.3 is 0 Å². The minimum Gasteiger partial charge on any atom is -0.496 e. The molecule has 2 aromatic carbocycles. The zero-order chi connectivity index (χ0) is 13.2. The molecular weight excluding hydrogens is 238 g/mol. The van der Waals surface area contributed by atoms with Gasteiger partial charge in [0.05, 0.1) is 7.11 Å². The van der Waals surface area contributed by atoms with Crippen LogP contribution in [0.25, 0.3) is 22.0 Å². The van der Waals surface area contributed by atoms with Gasteiger partial charge in [-0.25, -0.2) is 0 Å². The lowest BCUT2D eigenvalue weighted by molar-refractivity contribution is 0.112. The lowest BCUT2D eigenvalue weighted by Gasteiger charge is -2.08. The van der Waals surface area contributed by atoms with Crippen LogP contribution in [0, 0.1) is 0 Å². The normalized spacial score (nSPS) is 10.6. The van der Waals surface area contributed by atoms with Crippen LogP contribution in [0.4, 0.5) is 0 Å². The van der Waals surface area contributed by atoms with Crippen LogP contribution < -0.4 is 4.74 Å². The summed E-state index contributed by atoms with van der Waals surface area (Å²) in [5.74, 6) is 0.824. The third kappa shape index (κ3) is 1.89. The number of aromatic amines is 1. The fraction of sp³-hybridized carbons (Fsp3) is 0.0625. The number of H-pyrrole nitrogens is 1. The number of para-hydroxylation sites is 1. The number of ether oxygens (including phenoxy) is 1. The SMILES string of the molecule is COc1ccccc1-c1ccc2[nH]cc(C=O)c2c1. The highest BCUT2D eigenvalue weighted by Crippen LogP contribution is 2.32. The van der Waals surface area contributed by atoms with E-state index in [9.17, 15) is 4.79 Å². The molecule has 3 aromatic rings. The molecule has 1 heterocycles. The van der Waals surface area contributed by atoms with Gasteiger partial charge in [0.15, 0.2) is 6.29 Å². The van der Waals surface area contributed by atoms with Gasteiger partial charge in [-0.2, -0.15) is 0 Å². The Kier molecular flexibility index (Phi) is 2.80. The van der Waals surface area contributed by atoms with E-state index in [1.165, 1.54) is 0 Å². The second-order valence-corrected chi connectivity index (χ2v) is 4.32. The van der Waals surface area contributed by atoms with E-state index in [2.05, 4.69) is 4.98 Å². The predicted molar refractivity (Wildman–Crippen MR) is 75.7 cm³/mol. The number of aromatic nitrogens is 1. The van der Waals surface area contributed by atoms with Gasteiger partial charge in [-0.1, -0.05) is 24.3 Å². The minimum absolute atomic E-state index is 0.673. The van der Waals surface area contributed by atoms with Crippen molar-refractivity contribution in [1.29, 1.82) is 0 Å². The van der Waals surface area contributed by atoms with Gasteiger partial charge in [-0.05, 0) is 23.8 Å². The number of methoxy groups -OCH3 is 1. The summed E-state index contributed by atoms with van der Waals surface area (Å²) in [6.45, 7) is 0. The first-order chi connectivity index (χ1) is 9.33. The Morgan fingerprint density at radius 3 is 2.79 bits per heavy atom. The predicted octanol–water partition coefficient (Wildman–Crippen LogP) is 3.66. The van der Waals surface area contributed by atoms with Gasteiger partial charge in [0, 0.05) is 28.2 Å². The first kappa shape index (κ1) is 11.5. The molecule has 0 unspecified atom stereocenters. The van der Waals surface area contributed by atoms with Gasteiger partial charge in [0.2, 0.25) is 0 Å². The summed E-state index contributed by atoms with van der Waals surface area (Å²) in [5.41, 5.74) is 3.69. The summed E-state index contributed by atoms with van der Waals surface area (Å²) in [7, 11) is 1.66. The molecule has 0 spiro atoms. The van der Waals surface area contributed by atoms with Gasteiger partial charge in [-0.15, -0.1) is 0 Å². The monoisotopic (exact) mass is 251 g/mol. The Bertz CT molecular complexity index is 743. The summed E-state index contributed by atoms with van der Waals surface area (Å²) in [6, 6.07) is 13.8. The van der Waals surface area contributed by atoms with E-state index in [1.54, 1.807) is 13.3 Å². The van der Waals surface area contributed by atoms with E-state index in [0.717, 1.165) is 34.1 Å². The number of carbonyl (C=O) groups is 1. The number of hydrogen-bond acceptors (Lipinski definition) is 2. The number of carbonyl (C=O) groups excluding carboxylic acids is 1. The number of fused-ring (bicyclic) bond motifs is 1.